The first-order valence-electron chi connectivity index (χ1n) is 8.74. The second kappa shape index (κ2) is 10.7. The number of ether oxygens (including phenoxy) is 2. The molecule has 0 unspecified atom stereocenters. The van der Waals surface area contributed by atoms with Gasteiger partial charge in [0.15, 0.2) is 0 Å². The van der Waals surface area contributed by atoms with Crippen LogP contribution in [0.5, 0.6) is 5.75 Å². The lowest BCUT2D eigenvalue weighted by atomic mass is 10.1. The molecule has 2 amide bonds. The Labute approximate surface area is 169 Å². The summed E-state index contributed by atoms with van der Waals surface area (Å²) in [6.07, 6.45) is -0.309. The average molecular weight is 402 g/mol. The first-order chi connectivity index (χ1) is 13.6. The van der Waals surface area contributed by atoms with E-state index in [-0.39, 0.29) is 16.9 Å². The Balaban J connectivity index is 0.000000387. The quantitative estimate of drug-likeness (QED) is 0.643. The zero-order valence-corrected chi connectivity index (χ0v) is 17.1. The Morgan fingerprint density at radius 1 is 1.03 bits per heavy atom. The number of amides is 2. The molecule has 2 aromatic rings. The van der Waals surface area contributed by atoms with Gasteiger partial charge in [-0.25, -0.2) is 9.59 Å². The van der Waals surface area contributed by atoms with Gasteiger partial charge in [0.05, 0.1) is 24.0 Å². The number of rotatable bonds is 5. The summed E-state index contributed by atoms with van der Waals surface area (Å²) in [6.45, 7) is 7.19. The molecule has 0 radical (unpaired) electrons. The number of hydrogen-bond acceptors (Lipinski definition) is 5. The fraction of sp³-hybridized carbons (Fsp3) is 0.286. The summed E-state index contributed by atoms with van der Waals surface area (Å²) < 4.78 is 10.0. The number of carboxylic acids is 1. The lowest BCUT2D eigenvalue weighted by Gasteiger charge is -2.20. The van der Waals surface area contributed by atoms with Gasteiger partial charge in [-0.05, 0) is 58.0 Å². The Hall–Kier alpha value is -3.55. The van der Waals surface area contributed by atoms with Crippen molar-refractivity contribution < 1.29 is 29.0 Å². The zero-order valence-electron chi connectivity index (χ0n) is 17.1. The highest BCUT2D eigenvalue weighted by molar-refractivity contribution is 5.96. The molecule has 2 aromatic carbocycles. The van der Waals surface area contributed by atoms with Crippen LogP contribution in [-0.2, 0) is 9.53 Å². The van der Waals surface area contributed by atoms with Crippen molar-refractivity contribution in [3.8, 4) is 5.75 Å². The maximum Gasteiger partial charge on any atom is 0.412 e. The van der Waals surface area contributed by atoms with E-state index in [0.717, 1.165) is 5.75 Å². The predicted octanol–water partition coefficient (Wildman–Crippen LogP) is 4.30. The summed E-state index contributed by atoms with van der Waals surface area (Å²) >= 11 is 0. The topological polar surface area (TPSA) is 114 Å². The molecule has 2 rings (SSSR count). The molecule has 0 atom stereocenters. The van der Waals surface area contributed by atoms with Crippen LogP contribution in [0.25, 0.3) is 0 Å². The lowest BCUT2D eigenvalue weighted by Crippen LogP contribution is -2.27. The number of aromatic carboxylic acids is 1. The van der Waals surface area contributed by atoms with E-state index in [0.29, 0.717) is 6.41 Å². The Morgan fingerprint density at radius 3 is 2.14 bits per heavy atom. The third kappa shape index (κ3) is 8.79. The van der Waals surface area contributed by atoms with E-state index in [9.17, 15) is 14.4 Å². The summed E-state index contributed by atoms with van der Waals surface area (Å²) in [5.74, 6) is -0.219. The van der Waals surface area contributed by atoms with Crippen LogP contribution in [0.4, 0.5) is 16.2 Å². The van der Waals surface area contributed by atoms with Gasteiger partial charge in [0.25, 0.3) is 0 Å². The molecule has 0 bridgehead atoms. The standard InChI is InChI=1S/C13H16N2O5.C8H10O/c1-13(2,3)20-12(19)15-9-5-4-8(11(17)18)6-10(9)14-7-16;1-7-3-5-8(9-2)6-4-7/h4-7H,1-3H3,(H,14,16)(H,15,19)(H,17,18);3-6H,1-2H3. The van der Waals surface area contributed by atoms with Crippen LogP contribution >= 0.6 is 0 Å². The van der Waals surface area contributed by atoms with Crippen LogP contribution in [0.1, 0.15) is 36.7 Å². The highest BCUT2D eigenvalue weighted by Gasteiger charge is 2.17. The zero-order chi connectivity index (χ0) is 22.0. The predicted molar refractivity (Wildman–Crippen MR) is 111 cm³/mol. The van der Waals surface area contributed by atoms with Gasteiger partial charge in [0.2, 0.25) is 6.41 Å². The number of methoxy groups -OCH3 is 1. The van der Waals surface area contributed by atoms with Crippen LogP contribution in [-0.4, -0.2) is 36.3 Å². The molecule has 29 heavy (non-hydrogen) atoms. The summed E-state index contributed by atoms with van der Waals surface area (Å²) in [4.78, 5) is 33.0. The fourth-order valence-corrected chi connectivity index (χ4v) is 2.06. The molecule has 0 aromatic heterocycles. The second-order valence-electron chi connectivity index (χ2n) is 6.97. The Kier molecular flexibility index (Phi) is 8.67. The number of aryl methyl sites for hydroxylation is 1. The summed E-state index contributed by atoms with van der Waals surface area (Å²) in [5.41, 5.74) is 1.01. The molecule has 0 spiro atoms. The number of anilines is 2. The SMILES string of the molecule is CC(C)(C)OC(=O)Nc1ccc(C(=O)O)cc1NC=O.COc1ccc(C)cc1. The van der Waals surface area contributed by atoms with Gasteiger partial charge in [-0.15, -0.1) is 0 Å². The van der Waals surface area contributed by atoms with Gasteiger partial charge < -0.3 is 19.9 Å². The minimum atomic E-state index is -1.14. The van der Waals surface area contributed by atoms with Gasteiger partial charge >= 0.3 is 12.1 Å². The Bertz CT molecular complexity index is 841. The van der Waals surface area contributed by atoms with Crippen LogP contribution < -0.4 is 15.4 Å². The van der Waals surface area contributed by atoms with Gasteiger partial charge in [-0.1, -0.05) is 17.7 Å². The first-order valence-corrected chi connectivity index (χ1v) is 8.74. The van der Waals surface area contributed by atoms with Crippen molar-refractivity contribution in [3.05, 3.63) is 53.6 Å². The number of carbonyl (C=O) groups excluding carboxylic acids is 2. The number of benzene rings is 2. The van der Waals surface area contributed by atoms with Crippen molar-refractivity contribution in [2.45, 2.75) is 33.3 Å². The molecular weight excluding hydrogens is 376 g/mol. The molecule has 0 aliphatic carbocycles. The average Bonchev–Trinajstić information content (AvgIpc) is 2.63. The van der Waals surface area contributed by atoms with Crippen molar-refractivity contribution >= 4 is 29.8 Å². The van der Waals surface area contributed by atoms with Crippen LogP contribution in [0, 0.1) is 6.92 Å². The minimum absolute atomic E-state index is 0.0101. The molecule has 156 valence electrons. The van der Waals surface area contributed by atoms with E-state index < -0.39 is 17.7 Å². The number of hydrogen-bond donors (Lipinski definition) is 3. The molecule has 8 nitrogen and oxygen atoms in total. The van der Waals surface area contributed by atoms with Crippen molar-refractivity contribution in [1.82, 2.24) is 0 Å². The molecule has 0 aliphatic heterocycles. The number of carbonyl (C=O) groups is 3. The van der Waals surface area contributed by atoms with Gasteiger partial charge in [-0.2, -0.15) is 0 Å². The summed E-state index contributed by atoms with van der Waals surface area (Å²) in [5, 5.41) is 13.6. The molecule has 8 heteroatoms. The highest BCUT2D eigenvalue weighted by atomic mass is 16.6. The van der Waals surface area contributed by atoms with E-state index in [1.807, 2.05) is 24.3 Å². The molecule has 0 aliphatic rings. The van der Waals surface area contributed by atoms with E-state index in [1.165, 1.54) is 23.8 Å². The third-order valence-corrected chi connectivity index (χ3v) is 3.37. The van der Waals surface area contributed by atoms with E-state index in [2.05, 4.69) is 17.6 Å². The number of carboxylic acid groups (broad SMARTS) is 1. The summed E-state index contributed by atoms with van der Waals surface area (Å²) in [7, 11) is 1.67. The molecule has 0 saturated heterocycles. The monoisotopic (exact) mass is 402 g/mol. The Morgan fingerprint density at radius 2 is 1.66 bits per heavy atom. The fourth-order valence-electron chi connectivity index (χ4n) is 2.06. The van der Waals surface area contributed by atoms with Gasteiger partial charge in [0.1, 0.15) is 11.4 Å². The van der Waals surface area contributed by atoms with Crippen molar-refractivity contribution in [3.63, 3.8) is 0 Å². The van der Waals surface area contributed by atoms with Gasteiger partial charge in [-0.3, -0.25) is 10.1 Å². The molecule has 3 N–H and O–H groups in total. The first kappa shape index (κ1) is 23.5. The van der Waals surface area contributed by atoms with Crippen molar-refractivity contribution in [2.75, 3.05) is 17.7 Å². The highest BCUT2D eigenvalue weighted by Crippen LogP contribution is 2.23. The molecule has 0 fully saturated rings. The minimum Gasteiger partial charge on any atom is -0.497 e. The summed E-state index contributed by atoms with van der Waals surface area (Å²) in [6, 6.07) is 11.9. The molecule has 0 heterocycles. The van der Waals surface area contributed by atoms with Gasteiger partial charge in [0, 0.05) is 0 Å². The van der Waals surface area contributed by atoms with Crippen LogP contribution in [0.15, 0.2) is 42.5 Å². The largest absolute Gasteiger partial charge is 0.497 e. The van der Waals surface area contributed by atoms with Crippen molar-refractivity contribution in [2.24, 2.45) is 0 Å². The van der Waals surface area contributed by atoms with Crippen LogP contribution in [0.2, 0.25) is 0 Å². The van der Waals surface area contributed by atoms with Crippen LogP contribution in [0.3, 0.4) is 0 Å². The van der Waals surface area contributed by atoms with E-state index in [1.54, 1.807) is 27.9 Å². The molecule has 0 saturated carbocycles. The lowest BCUT2D eigenvalue weighted by molar-refractivity contribution is -0.105. The maximum atomic E-state index is 11.6. The van der Waals surface area contributed by atoms with Crippen molar-refractivity contribution in [1.29, 1.82) is 0 Å². The number of nitrogens with one attached hydrogen (secondary N) is 2. The smallest absolute Gasteiger partial charge is 0.412 e. The molecular formula is C21H26N2O6. The van der Waals surface area contributed by atoms with E-state index in [4.69, 9.17) is 14.6 Å². The van der Waals surface area contributed by atoms with E-state index >= 15 is 0 Å². The second-order valence-corrected chi connectivity index (χ2v) is 6.97. The maximum absolute atomic E-state index is 11.6. The normalized spacial score (nSPS) is 10.1. The third-order valence-electron chi connectivity index (χ3n) is 3.37.